The summed E-state index contributed by atoms with van der Waals surface area (Å²) in [6, 6.07) is 61.4. The second kappa shape index (κ2) is 11.4. The van der Waals surface area contributed by atoms with E-state index in [1.165, 1.54) is 16.5 Å². The summed E-state index contributed by atoms with van der Waals surface area (Å²) in [6.45, 7) is 0. The molecule has 0 amide bonds. The van der Waals surface area contributed by atoms with Gasteiger partial charge in [-0.15, -0.1) is 0 Å². The van der Waals surface area contributed by atoms with Crippen LogP contribution in [0.3, 0.4) is 0 Å². The van der Waals surface area contributed by atoms with Gasteiger partial charge in [-0.1, -0.05) is 146 Å². The summed E-state index contributed by atoms with van der Waals surface area (Å²) in [6.07, 6.45) is 0. The van der Waals surface area contributed by atoms with Gasteiger partial charge in [-0.3, -0.25) is 0 Å². The first-order chi connectivity index (χ1) is 24.8. The Labute approximate surface area is 288 Å². The smallest absolute Gasteiger partial charge is 0.180 e. The molecule has 10 aromatic rings. The largest absolute Gasteiger partial charge is 0.452 e. The molecule has 0 bridgehead atoms. The highest BCUT2D eigenvalue weighted by atomic mass is 16.3. The molecule has 10 rings (SSSR count). The molecule has 0 spiro atoms. The van der Waals surface area contributed by atoms with E-state index in [0.29, 0.717) is 11.4 Å². The van der Waals surface area contributed by atoms with Gasteiger partial charge in [0.2, 0.25) is 0 Å². The number of benzene rings is 7. The van der Waals surface area contributed by atoms with Crippen molar-refractivity contribution in [3.63, 3.8) is 0 Å². The summed E-state index contributed by atoms with van der Waals surface area (Å²) in [5.41, 5.74) is 13.0. The molecule has 0 aliphatic heterocycles. The minimum absolute atomic E-state index is 0.658. The number of fused-ring (bicyclic) bond motifs is 6. The first-order valence-electron chi connectivity index (χ1n) is 16.8. The Bertz CT molecular complexity index is 2820. The minimum Gasteiger partial charge on any atom is -0.452 e. The van der Waals surface area contributed by atoms with E-state index < -0.39 is 0 Å². The Kier molecular flexibility index (Phi) is 6.46. The molecule has 0 atom stereocenters. The molecule has 50 heavy (non-hydrogen) atoms. The van der Waals surface area contributed by atoms with Gasteiger partial charge in [-0.25, -0.2) is 9.97 Å². The van der Waals surface area contributed by atoms with E-state index in [2.05, 4.69) is 168 Å². The lowest BCUT2D eigenvalue weighted by molar-refractivity contribution is 0.668. The maximum Gasteiger partial charge on any atom is 0.180 e. The second-order valence-electron chi connectivity index (χ2n) is 12.6. The van der Waals surface area contributed by atoms with Gasteiger partial charge in [-0.2, -0.15) is 0 Å². The molecule has 4 nitrogen and oxygen atoms in total. The third-order valence-electron chi connectivity index (χ3n) is 9.64. The SMILES string of the molecule is c1ccc(-c2ccc(-c3nc(-c4ccc(-c5ccccc5)cc4)c4oc5cc6c7ccccc7n(-c7ccccc7)c6cc5c4n3)cc2)cc1. The standard InChI is InChI=1S/C46H29N3O/c1-4-12-30(13-5-1)32-20-24-34(25-21-32)43-45-44(48-46(47-43)35-26-22-33(23-27-35)31-14-6-2-7-15-31)39-28-41-38(29-42(39)50-45)37-18-10-11-19-40(37)49(41)36-16-8-3-9-17-36/h1-29H. The Balaban J connectivity index is 1.22. The van der Waals surface area contributed by atoms with Gasteiger partial charge in [-0.05, 0) is 52.6 Å². The van der Waals surface area contributed by atoms with Crippen LogP contribution < -0.4 is 0 Å². The molecular formula is C46H29N3O. The molecule has 0 radical (unpaired) electrons. The van der Waals surface area contributed by atoms with Crippen molar-refractivity contribution in [1.82, 2.24) is 14.5 Å². The summed E-state index contributed by atoms with van der Waals surface area (Å²) in [7, 11) is 0. The number of aromatic nitrogens is 3. The highest BCUT2D eigenvalue weighted by Gasteiger charge is 2.21. The van der Waals surface area contributed by atoms with Gasteiger partial charge >= 0.3 is 0 Å². The summed E-state index contributed by atoms with van der Waals surface area (Å²) < 4.78 is 9.09. The Morgan fingerprint density at radius 1 is 0.400 bits per heavy atom. The van der Waals surface area contributed by atoms with Crippen molar-refractivity contribution in [3.8, 4) is 50.6 Å². The Morgan fingerprint density at radius 2 is 0.940 bits per heavy atom. The topological polar surface area (TPSA) is 43.9 Å². The average molecular weight is 640 g/mol. The monoisotopic (exact) mass is 639 g/mol. The fourth-order valence-electron chi connectivity index (χ4n) is 7.18. The van der Waals surface area contributed by atoms with E-state index in [9.17, 15) is 0 Å². The fraction of sp³-hybridized carbons (Fsp3) is 0. The zero-order valence-corrected chi connectivity index (χ0v) is 27.0. The quantitative estimate of drug-likeness (QED) is 0.188. The van der Waals surface area contributed by atoms with Crippen molar-refractivity contribution in [3.05, 3.63) is 176 Å². The number of hydrogen-bond acceptors (Lipinski definition) is 3. The van der Waals surface area contributed by atoms with Gasteiger partial charge in [0.25, 0.3) is 0 Å². The lowest BCUT2D eigenvalue weighted by Gasteiger charge is -2.09. The summed E-state index contributed by atoms with van der Waals surface area (Å²) in [5.74, 6) is 0.658. The predicted molar refractivity (Wildman–Crippen MR) is 205 cm³/mol. The van der Waals surface area contributed by atoms with E-state index >= 15 is 0 Å². The third kappa shape index (κ3) is 4.61. The van der Waals surface area contributed by atoms with Crippen molar-refractivity contribution < 1.29 is 4.42 Å². The molecule has 7 aromatic carbocycles. The first kappa shape index (κ1) is 28.3. The summed E-state index contributed by atoms with van der Waals surface area (Å²) >= 11 is 0. The van der Waals surface area contributed by atoms with Crippen LogP contribution in [-0.4, -0.2) is 14.5 Å². The predicted octanol–water partition coefficient (Wildman–Crippen LogP) is 12.1. The molecule has 0 aliphatic carbocycles. The normalized spacial score (nSPS) is 11.6. The van der Waals surface area contributed by atoms with Crippen LogP contribution in [-0.2, 0) is 0 Å². The van der Waals surface area contributed by atoms with Crippen LogP contribution in [0.1, 0.15) is 0 Å². The fourth-order valence-corrected chi connectivity index (χ4v) is 7.18. The number of nitrogens with zero attached hydrogens (tertiary/aromatic N) is 3. The van der Waals surface area contributed by atoms with E-state index in [4.69, 9.17) is 14.4 Å². The summed E-state index contributed by atoms with van der Waals surface area (Å²) in [4.78, 5) is 10.4. The van der Waals surface area contributed by atoms with Crippen LogP contribution in [0.15, 0.2) is 180 Å². The molecule has 0 N–H and O–H groups in total. The van der Waals surface area contributed by atoms with Crippen LogP contribution in [0.2, 0.25) is 0 Å². The number of para-hydroxylation sites is 2. The van der Waals surface area contributed by atoms with E-state index in [-0.39, 0.29) is 0 Å². The zero-order valence-electron chi connectivity index (χ0n) is 27.0. The van der Waals surface area contributed by atoms with Gasteiger partial charge in [0.1, 0.15) is 16.8 Å². The van der Waals surface area contributed by atoms with Crippen molar-refractivity contribution in [2.75, 3.05) is 0 Å². The van der Waals surface area contributed by atoms with Crippen LogP contribution in [0, 0.1) is 0 Å². The molecule has 234 valence electrons. The molecule has 0 aliphatic rings. The molecule has 3 heterocycles. The molecule has 0 unspecified atom stereocenters. The van der Waals surface area contributed by atoms with Crippen molar-refractivity contribution >= 4 is 43.9 Å². The van der Waals surface area contributed by atoms with E-state index in [1.807, 2.05) is 12.1 Å². The van der Waals surface area contributed by atoms with Crippen LogP contribution >= 0.6 is 0 Å². The average Bonchev–Trinajstić information content (AvgIpc) is 3.72. The van der Waals surface area contributed by atoms with Crippen LogP contribution in [0.25, 0.3) is 94.5 Å². The number of rotatable bonds is 5. The van der Waals surface area contributed by atoms with Crippen LogP contribution in [0.5, 0.6) is 0 Å². The van der Waals surface area contributed by atoms with E-state index in [0.717, 1.165) is 66.5 Å². The maximum absolute atomic E-state index is 6.76. The Hall–Kier alpha value is -6.78. The third-order valence-corrected chi connectivity index (χ3v) is 9.64. The van der Waals surface area contributed by atoms with Gasteiger partial charge in [0.15, 0.2) is 11.4 Å². The van der Waals surface area contributed by atoms with Crippen molar-refractivity contribution in [2.24, 2.45) is 0 Å². The Morgan fingerprint density at radius 3 is 1.60 bits per heavy atom. The molecule has 0 fully saturated rings. The second-order valence-corrected chi connectivity index (χ2v) is 12.6. The van der Waals surface area contributed by atoms with Gasteiger partial charge in [0, 0.05) is 33.0 Å². The summed E-state index contributed by atoms with van der Waals surface area (Å²) in [5, 5.41) is 3.27. The molecule has 4 heteroatoms. The zero-order chi connectivity index (χ0) is 33.0. The molecule has 3 aromatic heterocycles. The molecular weight excluding hydrogens is 611 g/mol. The number of furan rings is 1. The van der Waals surface area contributed by atoms with Gasteiger partial charge < -0.3 is 8.98 Å². The van der Waals surface area contributed by atoms with Crippen LogP contribution in [0.4, 0.5) is 0 Å². The minimum atomic E-state index is 0.658. The first-order valence-corrected chi connectivity index (χ1v) is 16.8. The molecule has 0 saturated carbocycles. The number of hydrogen-bond donors (Lipinski definition) is 0. The van der Waals surface area contributed by atoms with Crippen molar-refractivity contribution in [2.45, 2.75) is 0 Å². The maximum atomic E-state index is 6.76. The lowest BCUT2D eigenvalue weighted by Crippen LogP contribution is -1.94. The lowest BCUT2D eigenvalue weighted by atomic mass is 10.0. The van der Waals surface area contributed by atoms with Gasteiger partial charge in [0.05, 0.1) is 11.0 Å². The highest BCUT2D eigenvalue weighted by molar-refractivity contribution is 6.17. The molecule has 0 saturated heterocycles. The highest BCUT2D eigenvalue weighted by Crippen LogP contribution is 2.41. The van der Waals surface area contributed by atoms with E-state index in [1.54, 1.807) is 0 Å². The van der Waals surface area contributed by atoms with Crippen molar-refractivity contribution in [1.29, 1.82) is 0 Å².